The van der Waals surface area contributed by atoms with Gasteiger partial charge >= 0.3 is 5.69 Å². The number of H-pyrrole nitrogens is 1. The summed E-state index contributed by atoms with van der Waals surface area (Å²) in [6.07, 6.45) is 0.302. The van der Waals surface area contributed by atoms with Crippen molar-refractivity contribution in [2.24, 2.45) is 20.5 Å². The van der Waals surface area contributed by atoms with Crippen LogP contribution in [0.1, 0.15) is 33.9 Å². The number of benzene rings is 6. The number of hydrogen-bond donors (Lipinski definition) is 5. The van der Waals surface area contributed by atoms with Crippen molar-refractivity contribution in [1.29, 1.82) is 0 Å². The first-order valence-electron chi connectivity index (χ1n) is 18.0. The van der Waals surface area contributed by atoms with Gasteiger partial charge in [0.25, 0.3) is 40.5 Å². The molecule has 1 aromatic heterocycles. The van der Waals surface area contributed by atoms with E-state index < -0.39 is 65.7 Å². The number of nitrogens with one attached hydrogen (secondary N) is 1. The van der Waals surface area contributed by atoms with E-state index in [2.05, 4.69) is 35.4 Å². The molecular weight excluding hydrogens is 903 g/mol. The highest BCUT2D eigenvalue weighted by Crippen LogP contribution is 2.36. The molecule has 0 fully saturated rings. The van der Waals surface area contributed by atoms with E-state index in [0.717, 1.165) is 24.3 Å². The molecule has 20 nitrogen and oxygen atoms in total. The molecule has 0 radical (unpaired) electrons. The third-order valence-electron chi connectivity index (χ3n) is 9.47. The molecule has 24 heteroatoms. The zero-order valence-corrected chi connectivity index (χ0v) is 35.7. The summed E-state index contributed by atoms with van der Waals surface area (Å²) in [4.78, 5) is 21.3. The molecule has 0 unspecified atom stereocenters. The largest absolute Gasteiger partial charge is 0.348 e. The fourth-order valence-electron chi connectivity index (χ4n) is 6.73. The highest BCUT2D eigenvalue weighted by atomic mass is 32.2. The molecule has 7 aromatic rings. The maximum absolute atomic E-state index is 12.6. The summed E-state index contributed by atoms with van der Waals surface area (Å²) in [5, 5.41) is 15.8. The van der Waals surface area contributed by atoms with Crippen LogP contribution in [0.2, 0.25) is 0 Å². The molecule has 0 aliphatic carbocycles. The van der Waals surface area contributed by atoms with Crippen molar-refractivity contribution in [3.8, 4) is 0 Å². The molecule has 0 saturated heterocycles. The number of fused-ring (bicyclic) bond motifs is 2. The lowest BCUT2D eigenvalue weighted by Gasteiger charge is -2.09. The zero-order valence-electron chi connectivity index (χ0n) is 32.4. The van der Waals surface area contributed by atoms with Gasteiger partial charge in [0.05, 0.1) is 22.7 Å². The number of aromatic nitrogens is 3. The molecule has 0 bridgehead atoms. The van der Waals surface area contributed by atoms with Gasteiger partial charge < -0.3 is 0 Å². The lowest BCUT2D eigenvalue weighted by atomic mass is 10.1. The lowest BCUT2D eigenvalue weighted by molar-refractivity contribution is 0.481. The second kappa shape index (κ2) is 16.6. The first-order valence-corrected chi connectivity index (χ1v) is 23.7. The van der Waals surface area contributed by atoms with Crippen LogP contribution in [0.15, 0.2) is 142 Å². The molecule has 0 saturated carbocycles. The van der Waals surface area contributed by atoms with Crippen molar-refractivity contribution in [2.45, 2.75) is 46.3 Å². The van der Waals surface area contributed by atoms with E-state index >= 15 is 0 Å². The van der Waals surface area contributed by atoms with Crippen LogP contribution < -0.4 is 5.69 Å². The minimum atomic E-state index is -4.85. The standard InChI is InChI=1S/C39H31N7O13S4/c1-21-13-23(9-11-31(21)45-43-25-17-29-27(35(19-25)62(54,55)56)5-3-7-33(29)60(48,49)50)15-37-40-38(42-39(47)41-37)16-24-10-12-32(22(2)14-24)46-44-26-18-30-28(36(20-26)63(57,58)59)6-4-8-34(30)61(51,52)53/h3-14,17-20H,15-16H2,1-2H3,(H,48,49,50)(H,51,52,53)(H,54,55,56)(H,57,58,59)(H,40,41,42,47). The van der Waals surface area contributed by atoms with Gasteiger partial charge in [0.1, 0.15) is 31.2 Å². The Kier molecular flexibility index (Phi) is 11.8. The highest BCUT2D eigenvalue weighted by molar-refractivity contribution is 7.87. The Labute approximate surface area is 358 Å². The second-order valence-electron chi connectivity index (χ2n) is 14.0. The van der Waals surface area contributed by atoms with Gasteiger partial charge in [-0.2, -0.15) is 59.1 Å². The molecule has 0 atom stereocenters. The molecule has 1 heterocycles. The number of hydrogen-bond acceptors (Lipinski definition) is 15. The van der Waals surface area contributed by atoms with Crippen molar-refractivity contribution in [3.05, 3.63) is 141 Å². The third-order valence-corrected chi connectivity index (χ3v) is 13.1. The zero-order chi connectivity index (χ0) is 45.6. The number of azo groups is 2. The molecule has 324 valence electrons. The Morgan fingerprint density at radius 3 is 1.33 bits per heavy atom. The fraction of sp³-hybridized carbons (Fsp3) is 0.103. The van der Waals surface area contributed by atoms with Gasteiger partial charge in [0.2, 0.25) is 0 Å². The van der Waals surface area contributed by atoms with E-state index in [-0.39, 0.29) is 51.6 Å². The topological polar surface area (TPSA) is 326 Å². The van der Waals surface area contributed by atoms with Gasteiger partial charge in [-0.15, -0.1) is 0 Å². The SMILES string of the molecule is Cc1cc(Cc2nc(Cc3ccc(N=Nc4cc(S(=O)(=O)O)c5cccc(S(=O)(=O)O)c5c4)c(C)c3)[nH]c(=O)n2)ccc1N=Nc1cc(S(=O)(=O)O)c2cccc(S(=O)(=O)O)c2c1. The summed E-state index contributed by atoms with van der Waals surface area (Å²) >= 11 is 0. The summed E-state index contributed by atoms with van der Waals surface area (Å²) in [5.41, 5.74) is 2.38. The Morgan fingerprint density at radius 1 is 0.492 bits per heavy atom. The van der Waals surface area contributed by atoms with E-state index in [0.29, 0.717) is 39.5 Å². The molecule has 0 aliphatic rings. The van der Waals surface area contributed by atoms with Crippen molar-refractivity contribution in [2.75, 3.05) is 0 Å². The molecule has 63 heavy (non-hydrogen) atoms. The first-order chi connectivity index (χ1) is 29.4. The minimum Gasteiger partial charge on any atom is -0.294 e. The second-order valence-corrected chi connectivity index (χ2v) is 19.6. The Morgan fingerprint density at radius 2 is 0.921 bits per heavy atom. The van der Waals surface area contributed by atoms with E-state index in [1.165, 1.54) is 36.4 Å². The predicted octanol–water partition coefficient (Wildman–Crippen LogP) is 7.09. The normalized spacial score (nSPS) is 12.9. The molecular formula is C39H31N7O13S4. The van der Waals surface area contributed by atoms with Gasteiger partial charge in [-0.1, -0.05) is 48.5 Å². The van der Waals surface area contributed by atoms with Crippen molar-refractivity contribution in [1.82, 2.24) is 15.0 Å². The molecule has 0 amide bonds. The smallest absolute Gasteiger partial charge is 0.294 e. The summed E-state index contributed by atoms with van der Waals surface area (Å²) in [6.45, 7) is 3.43. The number of rotatable bonds is 12. The van der Waals surface area contributed by atoms with Crippen molar-refractivity contribution < 1.29 is 51.9 Å². The Bertz CT molecular complexity index is 3400. The van der Waals surface area contributed by atoms with Crippen LogP contribution in [0.4, 0.5) is 22.7 Å². The van der Waals surface area contributed by atoms with Gasteiger partial charge in [-0.3, -0.25) is 23.2 Å². The third kappa shape index (κ3) is 10.1. The first kappa shape index (κ1) is 44.5. The quantitative estimate of drug-likeness (QED) is 0.0603. The maximum Gasteiger partial charge on any atom is 0.348 e. The summed E-state index contributed by atoms with van der Waals surface area (Å²) in [7, 11) is -19.3. The fourth-order valence-corrected chi connectivity index (χ4v) is 9.58. The molecule has 6 aromatic carbocycles. The predicted molar refractivity (Wildman–Crippen MR) is 226 cm³/mol. The van der Waals surface area contributed by atoms with E-state index in [1.54, 1.807) is 50.2 Å². The number of nitrogens with zero attached hydrogens (tertiary/aromatic N) is 6. The van der Waals surface area contributed by atoms with Gasteiger partial charge in [-0.25, -0.2) is 9.78 Å². The van der Waals surface area contributed by atoms with E-state index in [1.807, 2.05) is 0 Å². The van der Waals surface area contributed by atoms with Gasteiger partial charge in [0, 0.05) is 34.4 Å². The van der Waals surface area contributed by atoms with Crippen LogP contribution in [0.25, 0.3) is 21.5 Å². The molecule has 5 N–H and O–H groups in total. The monoisotopic (exact) mass is 933 g/mol. The van der Waals surface area contributed by atoms with Crippen molar-refractivity contribution >= 4 is 84.8 Å². The Hall–Kier alpha value is -6.51. The van der Waals surface area contributed by atoms with Gasteiger partial charge in [-0.05, 0) is 84.6 Å². The summed E-state index contributed by atoms with van der Waals surface area (Å²) < 4.78 is 136. The molecule has 0 aliphatic heterocycles. The van der Waals surface area contributed by atoms with Crippen LogP contribution in [-0.2, 0) is 53.3 Å². The average molecular weight is 934 g/mol. The summed E-state index contributed by atoms with van der Waals surface area (Å²) in [5.74, 6) is 0.492. The number of aromatic amines is 1. The van der Waals surface area contributed by atoms with Gasteiger partial charge in [0.15, 0.2) is 0 Å². The van der Waals surface area contributed by atoms with Crippen LogP contribution in [0.5, 0.6) is 0 Å². The highest BCUT2D eigenvalue weighted by Gasteiger charge is 2.23. The summed E-state index contributed by atoms with van der Waals surface area (Å²) in [6, 6.07) is 21.6. The number of aryl methyl sites for hydroxylation is 2. The van der Waals surface area contributed by atoms with E-state index in [4.69, 9.17) is 0 Å². The van der Waals surface area contributed by atoms with Crippen LogP contribution in [0, 0.1) is 13.8 Å². The lowest BCUT2D eigenvalue weighted by Crippen LogP contribution is -2.18. The van der Waals surface area contributed by atoms with E-state index in [9.17, 15) is 56.7 Å². The Balaban J connectivity index is 1.09. The minimum absolute atomic E-state index is 0.132. The van der Waals surface area contributed by atoms with Crippen LogP contribution >= 0.6 is 0 Å². The van der Waals surface area contributed by atoms with Crippen LogP contribution in [-0.4, -0.2) is 66.8 Å². The maximum atomic E-state index is 12.6. The van der Waals surface area contributed by atoms with Crippen molar-refractivity contribution in [3.63, 3.8) is 0 Å². The van der Waals surface area contributed by atoms with Crippen LogP contribution in [0.3, 0.4) is 0 Å². The average Bonchev–Trinajstić information content (AvgIpc) is 3.17. The molecule has 7 rings (SSSR count). The molecule has 0 spiro atoms.